The zero-order valence-electron chi connectivity index (χ0n) is 11.9. The van der Waals surface area contributed by atoms with E-state index in [9.17, 15) is 4.79 Å². The van der Waals surface area contributed by atoms with Crippen molar-refractivity contribution in [2.45, 2.75) is 46.1 Å². The summed E-state index contributed by atoms with van der Waals surface area (Å²) < 4.78 is 1.87. The minimum absolute atomic E-state index is 0.232. The third-order valence-electron chi connectivity index (χ3n) is 3.20. The fourth-order valence-electron chi connectivity index (χ4n) is 1.93. The second kappa shape index (κ2) is 8.63. The predicted molar refractivity (Wildman–Crippen MR) is 73.0 cm³/mol. The van der Waals surface area contributed by atoms with Crippen LogP contribution in [0.3, 0.4) is 0 Å². The number of hydrogen-bond donors (Lipinski definition) is 1. The van der Waals surface area contributed by atoms with Crippen LogP contribution in [-0.2, 0) is 17.8 Å². The molecule has 0 atom stereocenters. The van der Waals surface area contributed by atoms with Crippen LogP contribution in [0.4, 0.5) is 0 Å². The Morgan fingerprint density at radius 3 is 2.74 bits per heavy atom. The Hall–Kier alpha value is -1.43. The summed E-state index contributed by atoms with van der Waals surface area (Å²) in [7, 11) is 0. The Bertz CT molecular complexity index is 374. The number of nitrogens with zero attached hydrogens (tertiary/aromatic N) is 4. The van der Waals surface area contributed by atoms with Gasteiger partial charge in [-0.2, -0.15) is 0 Å². The first-order valence-corrected chi connectivity index (χ1v) is 6.98. The van der Waals surface area contributed by atoms with E-state index in [2.05, 4.69) is 29.1 Å². The number of hydrogen-bond acceptors (Lipinski definition) is 4. The molecule has 0 amide bonds. The Morgan fingerprint density at radius 1 is 1.37 bits per heavy atom. The molecule has 0 spiro atoms. The van der Waals surface area contributed by atoms with Crippen molar-refractivity contribution in [3.05, 3.63) is 11.9 Å². The lowest BCUT2D eigenvalue weighted by Crippen LogP contribution is -2.27. The van der Waals surface area contributed by atoms with E-state index in [0.29, 0.717) is 6.42 Å². The van der Waals surface area contributed by atoms with Crippen LogP contribution < -0.4 is 0 Å². The number of aromatic nitrogens is 3. The van der Waals surface area contributed by atoms with Gasteiger partial charge in [-0.3, -0.25) is 9.48 Å². The summed E-state index contributed by atoms with van der Waals surface area (Å²) in [5.41, 5.74) is 0.949. The predicted octanol–water partition coefficient (Wildman–Crippen LogP) is 1.42. The van der Waals surface area contributed by atoms with Crippen LogP contribution in [0.2, 0.25) is 0 Å². The van der Waals surface area contributed by atoms with Crippen molar-refractivity contribution in [3.63, 3.8) is 0 Å². The molecular formula is C13H24N4O2. The van der Waals surface area contributed by atoms with Crippen LogP contribution in [0.25, 0.3) is 0 Å². The van der Waals surface area contributed by atoms with Gasteiger partial charge in [0.15, 0.2) is 0 Å². The second-order valence-electron chi connectivity index (χ2n) is 4.60. The monoisotopic (exact) mass is 268 g/mol. The van der Waals surface area contributed by atoms with Gasteiger partial charge in [0, 0.05) is 19.2 Å². The van der Waals surface area contributed by atoms with Gasteiger partial charge in [-0.25, -0.2) is 0 Å². The van der Waals surface area contributed by atoms with Crippen molar-refractivity contribution in [3.8, 4) is 0 Å². The molecule has 1 rings (SSSR count). The molecule has 0 aromatic carbocycles. The quantitative estimate of drug-likeness (QED) is 0.650. The van der Waals surface area contributed by atoms with Crippen LogP contribution in [0, 0.1) is 0 Å². The number of unbranched alkanes of at least 4 members (excludes halogenated alkanes) is 1. The molecule has 0 bridgehead atoms. The molecule has 0 unspecified atom stereocenters. The summed E-state index contributed by atoms with van der Waals surface area (Å²) >= 11 is 0. The summed E-state index contributed by atoms with van der Waals surface area (Å²) in [4.78, 5) is 12.7. The molecule has 108 valence electrons. The van der Waals surface area contributed by atoms with Crippen molar-refractivity contribution in [1.82, 2.24) is 19.9 Å². The molecule has 0 aliphatic heterocycles. The van der Waals surface area contributed by atoms with E-state index in [1.54, 1.807) is 0 Å². The molecule has 1 N–H and O–H groups in total. The largest absolute Gasteiger partial charge is 0.481 e. The first kappa shape index (κ1) is 15.6. The molecule has 0 radical (unpaired) electrons. The molecule has 6 nitrogen and oxygen atoms in total. The molecular weight excluding hydrogens is 244 g/mol. The molecule has 1 heterocycles. The Balaban J connectivity index is 2.26. The van der Waals surface area contributed by atoms with Gasteiger partial charge in [0.05, 0.1) is 12.2 Å². The molecule has 1 aromatic heterocycles. The van der Waals surface area contributed by atoms with E-state index in [1.165, 1.54) is 0 Å². The van der Waals surface area contributed by atoms with Crippen molar-refractivity contribution in [2.75, 3.05) is 19.6 Å². The highest BCUT2D eigenvalue weighted by molar-refractivity contribution is 5.66. The van der Waals surface area contributed by atoms with Gasteiger partial charge in [0.1, 0.15) is 0 Å². The van der Waals surface area contributed by atoms with E-state index < -0.39 is 5.97 Å². The smallest absolute Gasteiger partial charge is 0.303 e. The van der Waals surface area contributed by atoms with E-state index >= 15 is 0 Å². The number of aliphatic carboxylic acids is 1. The summed E-state index contributed by atoms with van der Waals surface area (Å²) in [6.07, 6.45) is 4.54. The highest BCUT2D eigenvalue weighted by Gasteiger charge is 2.04. The average Bonchev–Trinajstić information content (AvgIpc) is 2.84. The Labute approximate surface area is 114 Å². The highest BCUT2D eigenvalue weighted by Crippen LogP contribution is 2.03. The van der Waals surface area contributed by atoms with Crippen LogP contribution >= 0.6 is 0 Å². The SMILES string of the molecule is CCN(CC)CCn1cc(CCCCC(=O)O)nn1. The number of carboxylic acid groups (broad SMARTS) is 1. The fraction of sp³-hybridized carbons (Fsp3) is 0.769. The highest BCUT2D eigenvalue weighted by atomic mass is 16.4. The zero-order valence-corrected chi connectivity index (χ0v) is 11.9. The van der Waals surface area contributed by atoms with E-state index in [1.807, 2.05) is 10.9 Å². The summed E-state index contributed by atoms with van der Waals surface area (Å²) in [6, 6.07) is 0. The second-order valence-corrected chi connectivity index (χ2v) is 4.60. The summed E-state index contributed by atoms with van der Waals surface area (Å²) in [6.45, 7) is 8.23. The van der Waals surface area contributed by atoms with Crippen molar-refractivity contribution >= 4 is 5.97 Å². The van der Waals surface area contributed by atoms with Gasteiger partial charge < -0.3 is 10.0 Å². The maximum Gasteiger partial charge on any atom is 0.303 e. The molecule has 1 aromatic rings. The molecule has 6 heteroatoms. The normalized spacial score (nSPS) is 11.1. The average molecular weight is 268 g/mol. The third-order valence-corrected chi connectivity index (χ3v) is 3.20. The maximum atomic E-state index is 10.4. The fourth-order valence-corrected chi connectivity index (χ4v) is 1.93. The van der Waals surface area contributed by atoms with Crippen LogP contribution in [0.1, 0.15) is 38.8 Å². The first-order valence-electron chi connectivity index (χ1n) is 6.98. The van der Waals surface area contributed by atoms with Gasteiger partial charge in [-0.15, -0.1) is 5.10 Å². The van der Waals surface area contributed by atoms with E-state index in [4.69, 9.17) is 5.11 Å². The van der Waals surface area contributed by atoms with Crippen LogP contribution in [0.15, 0.2) is 6.20 Å². The maximum absolute atomic E-state index is 10.4. The van der Waals surface area contributed by atoms with Gasteiger partial charge in [-0.1, -0.05) is 19.1 Å². The van der Waals surface area contributed by atoms with Gasteiger partial charge in [0.2, 0.25) is 0 Å². The zero-order chi connectivity index (χ0) is 14.1. The molecule has 0 aliphatic carbocycles. The lowest BCUT2D eigenvalue weighted by molar-refractivity contribution is -0.137. The van der Waals surface area contributed by atoms with Gasteiger partial charge >= 0.3 is 5.97 Å². The Morgan fingerprint density at radius 2 is 2.11 bits per heavy atom. The molecule has 0 saturated carbocycles. The van der Waals surface area contributed by atoms with Crippen LogP contribution in [0.5, 0.6) is 0 Å². The van der Waals surface area contributed by atoms with E-state index in [0.717, 1.165) is 44.7 Å². The summed E-state index contributed by atoms with van der Waals surface area (Å²) in [5, 5.41) is 16.8. The third kappa shape index (κ3) is 6.33. The van der Waals surface area contributed by atoms with Gasteiger partial charge in [0.25, 0.3) is 0 Å². The number of carboxylic acids is 1. The molecule has 19 heavy (non-hydrogen) atoms. The summed E-state index contributed by atoms with van der Waals surface area (Å²) in [5.74, 6) is -0.733. The molecule has 0 fully saturated rings. The number of likely N-dealkylation sites (N-methyl/N-ethyl adjacent to an activating group) is 1. The minimum Gasteiger partial charge on any atom is -0.481 e. The molecule has 0 saturated heterocycles. The minimum atomic E-state index is -0.733. The van der Waals surface area contributed by atoms with Crippen LogP contribution in [-0.4, -0.2) is 50.6 Å². The lowest BCUT2D eigenvalue weighted by Gasteiger charge is -2.17. The lowest BCUT2D eigenvalue weighted by atomic mass is 10.1. The van der Waals surface area contributed by atoms with Crippen molar-refractivity contribution < 1.29 is 9.90 Å². The van der Waals surface area contributed by atoms with Crippen molar-refractivity contribution in [1.29, 1.82) is 0 Å². The Kier molecular flexibility index (Phi) is 7.10. The van der Waals surface area contributed by atoms with E-state index in [-0.39, 0.29) is 6.42 Å². The number of aryl methyl sites for hydroxylation is 1. The number of carbonyl (C=O) groups is 1. The topological polar surface area (TPSA) is 71.2 Å². The van der Waals surface area contributed by atoms with Crippen molar-refractivity contribution in [2.24, 2.45) is 0 Å². The van der Waals surface area contributed by atoms with Gasteiger partial charge in [-0.05, 0) is 32.4 Å². The first-order chi connectivity index (χ1) is 9.15. The number of rotatable bonds is 10. The molecule has 0 aliphatic rings. The standard InChI is InChI=1S/C13H24N4O2/c1-3-16(4-2)9-10-17-11-12(14-15-17)7-5-6-8-13(18)19/h11H,3-10H2,1-2H3,(H,18,19).